The van der Waals surface area contributed by atoms with E-state index in [9.17, 15) is 4.79 Å². The van der Waals surface area contributed by atoms with Crippen molar-refractivity contribution in [2.75, 3.05) is 45.1 Å². The zero-order valence-electron chi connectivity index (χ0n) is 15.6. The summed E-state index contributed by atoms with van der Waals surface area (Å²) in [5.74, 6) is 1.57. The number of nitrogens with one attached hydrogen (secondary N) is 1. The lowest BCUT2D eigenvalue weighted by atomic mass is 10.1. The Morgan fingerprint density at radius 1 is 1.19 bits per heavy atom. The molecule has 7 nitrogen and oxygen atoms in total. The maximum Gasteiger partial charge on any atom is 0.256 e. The fourth-order valence-corrected chi connectivity index (χ4v) is 3.83. The second kappa shape index (κ2) is 6.49. The predicted octanol–water partition coefficient (Wildman–Crippen LogP) is 2.09. The molecule has 4 heterocycles. The number of likely N-dealkylation sites (N-methyl/N-ethyl adjacent to an activating group) is 1. The van der Waals surface area contributed by atoms with Crippen LogP contribution in [0.25, 0.3) is 16.6 Å². The highest BCUT2D eigenvalue weighted by molar-refractivity contribution is 6.16. The molecule has 1 N–H and O–H groups in total. The molecule has 1 amide bonds. The molecule has 1 aliphatic heterocycles. The highest BCUT2D eigenvalue weighted by atomic mass is 16.2. The smallest absolute Gasteiger partial charge is 0.256 e. The van der Waals surface area contributed by atoms with Gasteiger partial charge in [-0.05, 0) is 37.9 Å². The summed E-state index contributed by atoms with van der Waals surface area (Å²) in [5, 5.41) is 4.31. The zero-order chi connectivity index (χ0) is 18.4. The van der Waals surface area contributed by atoms with Crippen LogP contribution in [-0.2, 0) is 0 Å². The van der Waals surface area contributed by atoms with E-state index in [-0.39, 0.29) is 5.91 Å². The van der Waals surface area contributed by atoms with Crippen molar-refractivity contribution in [2.45, 2.75) is 12.8 Å². The number of hydrogen-bond acceptors (Lipinski definition) is 5. The number of pyridine rings is 1. The van der Waals surface area contributed by atoms with Gasteiger partial charge in [-0.25, -0.2) is 9.97 Å². The van der Waals surface area contributed by atoms with Crippen molar-refractivity contribution in [2.24, 2.45) is 5.92 Å². The van der Waals surface area contributed by atoms with Gasteiger partial charge in [0.1, 0.15) is 12.1 Å². The van der Waals surface area contributed by atoms with E-state index in [1.54, 1.807) is 6.33 Å². The average molecular weight is 364 g/mol. The first-order valence-corrected chi connectivity index (χ1v) is 9.68. The number of aromatic nitrogens is 3. The summed E-state index contributed by atoms with van der Waals surface area (Å²) in [6.07, 6.45) is 6.09. The van der Waals surface area contributed by atoms with Crippen molar-refractivity contribution in [3.8, 4) is 0 Å². The molecular weight excluding hydrogens is 340 g/mol. The number of anilines is 1. The first kappa shape index (κ1) is 16.5. The highest BCUT2D eigenvalue weighted by Crippen LogP contribution is 2.33. The van der Waals surface area contributed by atoms with Crippen LogP contribution in [0.2, 0.25) is 0 Å². The highest BCUT2D eigenvalue weighted by Gasteiger charge is 2.28. The monoisotopic (exact) mass is 364 g/mol. The molecule has 27 heavy (non-hydrogen) atoms. The lowest BCUT2D eigenvalue weighted by molar-refractivity contribution is 0.0668. The third kappa shape index (κ3) is 2.92. The molecule has 140 valence electrons. The van der Waals surface area contributed by atoms with Gasteiger partial charge < -0.3 is 19.5 Å². The second-order valence-corrected chi connectivity index (χ2v) is 7.67. The Hall–Kier alpha value is -2.67. The number of carbonyl (C=O) groups is 1. The third-order valence-electron chi connectivity index (χ3n) is 5.68. The number of hydrogen-bond donors (Lipinski definition) is 1. The van der Waals surface area contributed by atoms with E-state index in [0.717, 1.165) is 61.0 Å². The van der Waals surface area contributed by atoms with E-state index < -0.39 is 0 Å². The summed E-state index contributed by atoms with van der Waals surface area (Å²) in [4.78, 5) is 26.7. The van der Waals surface area contributed by atoms with Crippen molar-refractivity contribution in [3.63, 3.8) is 0 Å². The minimum Gasteiger partial charge on any atom is -0.369 e. The van der Waals surface area contributed by atoms with Gasteiger partial charge in [-0.15, -0.1) is 0 Å². The van der Waals surface area contributed by atoms with Gasteiger partial charge in [-0.2, -0.15) is 0 Å². The van der Waals surface area contributed by atoms with Crippen LogP contribution in [0.1, 0.15) is 23.2 Å². The summed E-state index contributed by atoms with van der Waals surface area (Å²) < 4.78 is 2.00. The molecule has 0 aromatic carbocycles. The van der Waals surface area contributed by atoms with Crippen molar-refractivity contribution in [1.29, 1.82) is 0 Å². The molecule has 1 saturated carbocycles. The first-order chi connectivity index (χ1) is 13.2. The van der Waals surface area contributed by atoms with Gasteiger partial charge in [0.2, 0.25) is 0 Å². The topological polar surface area (TPSA) is 65.8 Å². The van der Waals surface area contributed by atoms with E-state index in [4.69, 9.17) is 0 Å². The molecule has 0 unspecified atom stereocenters. The molecule has 0 atom stereocenters. The Morgan fingerprint density at radius 2 is 2.00 bits per heavy atom. The Kier molecular flexibility index (Phi) is 3.97. The fourth-order valence-electron chi connectivity index (χ4n) is 3.83. The summed E-state index contributed by atoms with van der Waals surface area (Å²) in [6, 6.07) is 5.94. The number of piperazine rings is 1. The number of amides is 1. The molecule has 1 saturated heterocycles. The van der Waals surface area contributed by atoms with Crippen LogP contribution < -0.4 is 5.32 Å². The number of carbonyl (C=O) groups excluding carboxylic acids is 1. The van der Waals surface area contributed by atoms with Crippen LogP contribution in [0.4, 0.5) is 5.82 Å². The maximum absolute atomic E-state index is 13.5. The van der Waals surface area contributed by atoms with E-state index >= 15 is 0 Å². The van der Waals surface area contributed by atoms with Crippen molar-refractivity contribution < 1.29 is 4.79 Å². The molecule has 2 aliphatic rings. The third-order valence-corrected chi connectivity index (χ3v) is 5.68. The van der Waals surface area contributed by atoms with Crippen LogP contribution in [0.5, 0.6) is 0 Å². The Bertz CT molecular complexity index is 1000. The van der Waals surface area contributed by atoms with E-state index in [1.165, 1.54) is 12.8 Å². The number of rotatable bonds is 4. The summed E-state index contributed by atoms with van der Waals surface area (Å²) in [6.45, 7) is 4.21. The van der Waals surface area contributed by atoms with Gasteiger partial charge in [0, 0.05) is 38.9 Å². The van der Waals surface area contributed by atoms with Gasteiger partial charge in [0.15, 0.2) is 5.65 Å². The average Bonchev–Trinajstić information content (AvgIpc) is 3.47. The number of fused-ring (bicyclic) bond motifs is 3. The Balaban J connectivity index is 1.64. The lowest BCUT2D eigenvalue weighted by Gasteiger charge is -2.32. The summed E-state index contributed by atoms with van der Waals surface area (Å²) in [5.41, 5.74) is 2.40. The van der Waals surface area contributed by atoms with Crippen LogP contribution in [0.15, 0.2) is 30.7 Å². The molecule has 3 aromatic heterocycles. The van der Waals surface area contributed by atoms with E-state index in [0.29, 0.717) is 5.56 Å². The quantitative estimate of drug-likeness (QED) is 0.768. The molecule has 1 aliphatic carbocycles. The van der Waals surface area contributed by atoms with Crippen molar-refractivity contribution in [1.82, 2.24) is 24.2 Å². The minimum absolute atomic E-state index is 0.0751. The van der Waals surface area contributed by atoms with Gasteiger partial charge in [-0.1, -0.05) is 6.07 Å². The maximum atomic E-state index is 13.5. The van der Waals surface area contributed by atoms with Crippen molar-refractivity contribution in [3.05, 3.63) is 36.3 Å². The molecule has 5 rings (SSSR count). The summed E-state index contributed by atoms with van der Waals surface area (Å²) >= 11 is 0. The van der Waals surface area contributed by atoms with Crippen molar-refractivity contribution >= 4 is 28.3 Å². The van der Waals surface area contributed by atoms with E-state index in [2.05, 4.69) is 27.2 Å². The van der Waals surface area contributed by atoms with Crippen LogP contribution in [-0.4, -0.2) is 69.8 Å². The van der Waals surface area contributed by atoms with Crippen LogP contribution >= 0.6 is 0 Å². The Labute approximate surface area is 158 Å². The number of nitrogens with zero attached hydrogens (tertiary/aromatic N) is 5. The minimum atomic E-state index is 0.0751. The molecular formula is C20H24N6O. The molecule has 0 spiro atoms. The van der Waals surface area contributed by atoms with Gasteiger partial charge in [0.25, 0.3) is 5.91 Å². The van der Waals surface area contributed by atoms with Gasteiger partial charge in [0.05, 0.1) is 16.5 Å². The SMILES string of the molecule is CN1CCN(C(=O)c2c3c(NCC4CC4)ncnc3n3ccccc23)CC1. The van der Waals surface area contributed by atoms with Crippen LogP contribution in [0.3, 0.4) is 0 Å². The van der Waals surface area contributed by atoms with Gasteiger partial charge >= 0.3 is 0 Å². The second-order valence-electron chi connectivity index (χ2n) is 7.67. The summed E-state index contributed by atoms with van der Waals surface area (Å²) in [7, 11) is 2.10. The molecule has 2 fully saturated rings. The largest absolute Gasteiger partial charge is 0.369 e. The van der Waals surface area contributed by atoms with Crippen LogP contribution in [0, 0.1) is 5.92 Å². The standard InChI is InChI=1S/C20H24N6O/c1-24-8-10-25(11-9-24)20(27)16-15-4-2-3-7-26(15)19-17(16)18(22-13-23-19)21-12-14-5-6-14/h2-4,7,13-14H,5-6,8-12H2,1H3,(H,21,22,23). The molecule has 0 bridgehead atoms. The van der Waals surface area contributed by atoms with Gasteiger partial charge in [-0.3, -0.25) is 4.79 Å². The normalized spacial score (nSPS) is 18.3. The predicted molar refractivity (Wildman–Crippen MR) is 105 cm³/mol. The molecule has 7 heteroatoms. The lowest BCUT2D eigenvalue weighted by Crippen LogP contribution is -2.47. The zero-order valence-corrected chi connectivity index (χ0v) is 15.6. The Morgan fingerprint density at radius 3 is 2.78 bits per heavy atom. The molecule has 0 radical (unpaired) electrons. The molecule has 3 aromatic rings. The first-order valence-electron chi connectivity index (χ1n) is 9.68. The van der Waals surface area contributed by atoms with E-state index in [1.807, 2.05) is 33.7 Å². The fraction of sp³-hybridized carbons (Fsp3) is 0.450.